The normalized spacial score (nSPS) is 16.0. The van der Waals surface area contributed by atoms with Crippen molar-refractivity contribution in [2.24, 2.45) is 0 Å². The molecule has 0 fully saturated rings. The molecule has 1 aliphatic rings. The number of carbonyl (C=O) groups excluding carboxylic acids is 1. The Balaban J connectivity index is 1.90. The molecule has 2 heterocycles. The average Bonchev–Trinajstić information content (AvgIpc) is 2.97. The third-order valence-corrected chi connectivity index (χ3v) is 5.84. The molecule has 0 N–H and O–H groups in total. The van der Waals surface area contributed by atoms with Crippen LogP contribution in [-0.4, -0.2) is 42.9 Å². The van der Waals surface area contributed by atoms with Gasteiger partial charge in [-0.1, -0.05) is 23.7 Å². The van der Waals surface area contributed by atoms with E-state index in [4.69, 9.17) is 16.0 Å². The molecule has 5 nitrogen and oxygen atoms in total. The van der Waals surface area contributed by atoms with Gasteiger partial charge < -0.3 is 14.2 Å². The molecule has 7 heteroatoms. The van der Waals surface area contributed by atoms with Crippen LogP contribution in [0.25, 0.3) is 11.0 Å². The molecule has 0 aliphatic carbocycles. The van der Waals surface area contributed by atoms with E-state index in [9.17, 15) is 14.0 Å². The Morgan fingerprint density at radius 2 is 1.87 bits per heavy atom. The Bertz CT molecular complexity index is 1190. The third-order valence-electron chi connectivity index (χ3n) is 5.44. The van der Waals surface area contributed by atoms with Crippen molar-refractivity contribution in [2.45, 2.75) is 19.4 Å². The highest BCUT2D eigenvalue weighted by molar-refractivity contribution is 6.32. The Morgan fingerprint density at radius 3 is 2.53 bits per heavy atom. The first-order valence-corrected chi connectivity index (χ1v) is 10.1. The lowest BCUT2D eigenvalue weighted by atomic mass is 9.98. The van der Waals surface area contributed by atoms with Crippen LogP contribution in [0.1, 0.15) is 39.7 Å². The number of fused-ring (bicyclic) bond motifs is 2. The predicted molar refractivity (Wildman–Crippen MR) is 115 cm³/mol. The van der Waals surface area contributed by atoms with Crippen molar-refractivity contribution in [3.63, 3.8) is 0 Å². The van der Waals surface area contributed by atoms with Crippen LogP contribution >= 0.6 is 11.6 Å². The number of hydrogen-bond acceptors (Lipinski definition) is 4. The summed E-state index contributed by atoms with van der Waals surface area (Å²) in [4.78, 5) is 30.3. The highest BCUT2D eigenvalue weighted by Crippen LogP contribution is 2.38. The van der Waals surface area contributed by atoms with Gasteiger partial charge >= 0.3 is 0 Å². The quantitative estimate of drug-likeness (QED) is 0.604. The van der Waals surface area contributed by atoms with Crippen LogP contribution in [-0.2, 0) is 0 Å². The fourth-order valence-electron chi connectivity index (χ4n) is 3.92. The second-order valence-corrected chi connectivity index (χ2v) is 8.29. The Kier molecular flexibility index (Phi) is 5.38. The summed E-state index contributed by atoms with van der Waals surface area (Å²) in [5.74, 6) is -0.659. The molecule has 4 rings (SSSR count). The zero-order chi connectivity index (χ0) is 21.6. The average molecular weight is 429 g/mol. The van der Waals surface area contributed by atoms with Gasteiger partial charge in [0.25, 0.3) is 5.91 Å². The molecule has 0 radical (unpaired) electrons. The largest absolute Gasteiger partial charge is 0.450 e. The molecule has 30 heavy (non-hydrogen) atoms. The summed E-state index contributed by atoms with van der Waals surface area (Å²) in [7, 11) is 3.92. The van der Waals surface area contributed by atoms with Crippen LogP contribution in [0.4, 0.5) is 4.39 Å². The standard InChI is InChI=1S/C23H22ClFN2O3/c1-13-11-18-16(12-17(13)24)21(28)19-20(14-5-7-15(25)8-6-14)27(10-4-9-26(2)3)23(29)22(19)30-18/h5-8,11-12,20H,4,9-10H2,1-3H3/t20-/m1/s1. The first kappa shape index (κ1) is 20.6. The molecular formula is C23H22ClFN2O3. The number of rotatable bonds is 5. The van der Waals surface area contributed by atoms with E-state index in [-0.39, 0.29) is 28.5 Å². The molecule has 0 saturated carbocycles. The molecule has 156 valence electrons. The van der Waals surface area contributed by atoms with Crippen molar-refractivity contribution in [1.29, 1.82) is 0 Å². The van der Waals surface area contributed by atoms with Crippen LogP contribution < -0.4 is 5.43 Å². The number of benzene rings is 2. The molecule has 3 aromatic rings. The molecule has 0 unspecified atom stereocenters. The van der Waals surface area contributed by atoms with Gasteiger partial charge in [-0.05, 0) is 69.4 Å². The SMILES string of the molecule is Cc1cc2oc3c(c(=O)c2cc1Cl)[C@@H](c1ccc(F)cc1)N(CCCN(C)C)C3=O. The molecule has 0 saturated heterocycles. The lowest BCUT2D eigenvalue weighted by Gasteiger charge is -2.25. The van der Waals surface area contributed by atoms with Crippen molar-refractivity contribution in [2.75, 3.05) is 27.2 Å². The van der Waals surface area contributed by atoms with Crippen LogP contribution in [0, 0.1) is 12.7 Å². The summed E-state index contributed by atoms with van der Waals surface area (Å²) in [5.41, 5.74) is 1.76. The van der Waals surface area contributed by atoms with Crippen molar-refractivity contribution in [1.82, 2.24) is 9.80 Å². The van der Waals surface area contributed by atoms with Crippen LogP contribution in [0.3, 0.4) is 0 Å². The van der Waals surface area contributed by atoms with Crippen LogP contribution in [0.5, 0.6) is 0 Å². The van der Waals surface area contributed by atoms with E-state index in [0.717, 1.165) is 18.5 Å². The Labute approximate surface area is 178 Å². The monoisotopic (exact) mass is 428 g/mol. The first-order chi connectivity index (χ1) is 14.3. The molecule has 2 aromatic carbocycles. The number of aryl methyl sites for hydroxylation is 1. The van der Waals surface area contributed by atoms with Gasteiger partial charge in [-0.25, -0.2) is 4.39 Å². The maximum absolute atomic E-state index is 13.5. The van der Waals surface area contributed by atoms with Gasteiger partial charge in [0.15, 0.2) is 5.43 Å². The second-order valence-electron chi connectivity index (χ2n) is 7.88. The highest BCUT2D eigenvalue weighted by atomic mass is 35.5. The zero-order valence-corrected chi connectivity index (χ0v) is 17.8. The maximum atomic E-state index is 13.5. The minimum Gasteiger partial charge on any atom is -0.450 e. The number of amides is 1. The number of halogens is 2. The van der Waals surface area contributed by atoms with Crippen molar-refractivity contribution in [3.05, 3.63) is 79.9 Å². The Morgan fingerprint density at radius 1 is 1.17 bits per heavy atom. The van der Waals surface area contributed by atoms with Gasteiger partial charge in [0.1, 0.15) is 11.4 Å². The third kappa shape index (κ3) is 3.50. The summed E-state index contributed by atoms with van der Waals surface area (Å²) in [6, 6.07) is 8.50. The topological polar surface area (TPSA) is 53.8 Å². The van der Waals surface area contributed by atoms with E-state index in [1.54, 1.807) is 29.2 Å². The van der Waals surface area contributed by atoms with Gasteiger partial charge in [0.05, 0.1) is 17.0 Å². The molecule has 0 bridgehead atoms. The number of carbonyl (C=O) groups is 1. The van der Waals surface area contributed by atoms with Gasteiger partial charge in [-0.2, -0.15) is 0 Å². The molecule has 1 amide bonds. The van der Waals surface area contributed by atoms with Crippen molar-refractivity contribution in [3.8, 4) is 0 Å². The predicted octanol–water partition coefficient (Wildman–Crippen LogP) is 4.39. The van der Waals surface area contributed by atoms with Gasteiger partial charge in [0.2, 0.25) is 5.76 Å². The molecule has 1 atom stereocenters. The summed E-state index contributed by atoms with van der Waals surface area (Å²) in [6.07, 6.45) is 0.725. The van der Waals surface area contributed by atoms with E-state index < -0.39 is 6.04 Å². The van der Waals surface area contributed by atoms with Crippen LogP contribution in [0.2, 0.25) is 5.02 Å². The lowest BCUT2D eigenvalue weighted by molar-refractivity contribution is 0.0722. The summed E-state index contributed by atoms with van der Waals surface area (Å²) in [5, 5.41) is 0.791. The lowest BCUT2D eigenvalue weighted by Crippen LogP contribution is -2.32. The smallest absolute Gasteiger partial charge is 0.290 e. The summed E-state index contributed by atoms with van der Waals surface area (Å²) in [6.45, 7) is 3.04. The highest BCUT2D eigenvalue weighted by Gasteiger charge is 2.42. The fourth-order valence-corrected chi connectivity index (χ4v) is 4.08. The zero-order valence-electron chi connectivity index (χ0n) is 17.0. The van der Waals surface area contributed by atoms with E-state index in [1.165, 1.54) is 12.1 Å². The number of nitrogens with zero attached hydrogens (tertiary/aromatic N) is 2. The maximum Gasteiger partial charge on any atom is 0.290 e. The van der Waals surface area contributed by atoms with Crippen molar-refractivity contribution < 1.29 is 13.6 Å². The Hall–Kier alpha value is -2.70. The minimum atomic E-state index is -0.629. The van der Waals surface area contributed by atoms with Crippen LogP contribution in [0.15, 0.2) is 45.6 Å². The van der Waals surface area contributed by atoms with Crippen molar-refractivity contribution >= 4 is 28.5 Å². The summed E-state index contributed by atoms with van der Waals surface area (Å²) < 4.78 is 19.5. The van der Waals surface area contributed by atoms with Gasteiger partial charge in [-0.3, -0.25) is 9.59 Å². The van der Waals surface area contributed by atoms with E-state index in [2.05, 4.69) is 0 Å². The van der Waals surface area contributed by atoms with E-state index >= 15 is 0 Å². The molecule has 0 spiro atoms. The second kappa shape index (κ2) is 7.85. The molecule has 1 aliphatic heterocycles. The first-order valence-electron chi connectivity index (χ1n) is 9.76. The van der Waals surface area contributed by atoms with Gasteiger partial charge in [-0.15, -0.1) is 0 Å². The van der Waals surface area contributed by atoms with E-state index in [1.807, 2.05) is 25.9 Å². The minimum absolute atomic E-state index is 0.0494. The van der Waals surface area contributed by atoms with E-state index in [0.29, 0.717) is 28.1 Å². The number of hydrogen-bond donors (Lipinski definition) is 0. The summed E-state index contributed by atoms with van der Waals surface area (Å²) >= 11 is 6.23. The fraction of sp³-hybridized carbons (Fsp3) is 0.304. The molecule has 1 aromatic heterocycles. The molecular weight excluding hydrogens is 407 g/mol. The van der Waals surface area contributed by atoms with Gasteiger partial charge in [0, 0.05) is 11.6 Å².